The van der Waals surface area contributed by atoms with Crippen LogP contribution in [0.25, 0.3) is 4.85 Å². The molecule has 4 aliphatic rings. The number of likely N-dealkylation sites (tertiary alicyclic amines) is 2. The van der Waals surface area contributed by atoms with Gasteiger partial charge in [-0.15, -0.1) is 0 Å². The molecule has 0 radical (unpaired) electrons. The van der Waals surface area contributed by atoms with Gasteiger partial charge in [0.1, 0.15) is 11.5 Å². The van der Waals surface area contributed by atoms with Crippen molar-refractivity contribution in [3.8, 4) is 0 Å². The number of likely N-dealkylation sites (N-methyl/N-ethyl adjacent to an activating group) is 1. The minimum absolute atomic E-state index is 0.00583. The topological polar surface area (TPSA) is 77.3 Å². The van der Waals surface area contributed by atoms with Crippen LogP contribution in [-0.4, -0.2) is 76.8 Å². The molecule has 5 rings (SSSR count). The number of para-hydroxylation sites is 1. The van der Waals surface area contributed by atoms with Gasteiger partial charge in [0.25, 0.3) is 5.91 Å². The number of amides is 3. The van der Waals surface area contributed by atoms with Crippen molar-refractivity contribution in [1.82, 2.24) is 14.7 Å². The van der Waals surface area contributed by atoms with Crippen molar-refractivity contribution in [3.05, 3.63) is 41.2 Å². The molecule has 1 N–H and O–H groups in total. The summed E-state index contributed by atoms with van der Waals surface area (Å²) in [5.41, 5.74) is 0.940. The van der Waals surface area contributed by atoms with Gasteiger partial charge in [-0.25, -0.2) is 6.57 Å². The van der Waals surface area contributed by atoms with Gasteiger partial charge in [-0.2, -0.15) is 0 Å². The monoisotopic (exact) mass is 505 g/mol. The van der Waals surface area contributed by atoms with E-state index >= 15 is 0 Å². The van der Waals surface area contributed by atoms with Crippen molar-refractivity contribution >= 4 is 23.4 Å². The third kappa shape index (κ3) is 4.21. The number of hydrogen-bond donors (Lipinski definition) is 1. The Morgan fingerprint density at radius 2 is 1.86 bits per heavy atom. The van der Waals surface area contributed by atoms with Gasteiger partial charge in [-0.1, -0.05) is 32.0 Å². The van der Waals surface area contributed by atoms with E-state index in [9.17, 15) is 14.4 Å². The maximum Gasteiger partial charge on any atom is 0.302 e. The molecule has 0 bridgehead atoms. The first-order chi connectivity index (χ1) is 17.5. The van der Waals surface area contributed by atoms with E-state index in [2.05, 4.69) is 28.9 Å². The number of nitrogens with zero attached hydrogens (tertiary/aromatic N) is 4. The molecule has 3 fully saturated rings. The van der Waals surface area contributed by atoms with Crippen LogP contribution in [0.1, 0.15) is 65.4 Å². The predicted molar refractivity (Wildman–Crippen MR) is 141 cm³/mol. The highest BCUT2D eigenvalue weighted by Gasteiger charge is 2.60. The standard InChI is InChI=1S/C29H39N5O3/c1-18(2)13-22(32(6)25(35)23-14-28(11-12-28)16-33(23)19(3)4)26(36)34-17-29(15-24(34)30-5)20-9-7-8-10-21(20)31-27(29)37/h7-10,18-19,22-24H,11-17H2,1-4,6H3,(H,31,37)/t22-,23-,24-,29-/m0/s1. The van der Waals surface area contributed by atoms with E-state index < -0.39 is 17.6 Å². The van der Waals surface area contributed by atoms with Crippen molar-refractivity contribution in [2.75, 3.05) is 25.5 Å². The van der Waals surface area contributed by atoms with Crippen LogP contribution in [0.5, 0.6) is 0 Å². The first kappa shape index (κ1) is 25.7. The van der Waals surface area contributed by atoms with Gasteiger partial charge in [-0.05, 0) is 62.5 Å². The number of benzene rings is 1. The van der Waals surface area contributed by atoms with Gasteiger partial charge in [0, 0.05) is 31.9 Å². The van der Waals surface area contributed by atoms with E-state index in [-0.39, 0.29) is 54.1 Å². The molecule has 4 atom stereocenters. The lowest BCUT2D eigenvalue weighted by Crippen LogP contribution is -2.55. The van der Waals surface area contributed by atoms with Crippen LogP contribution in [0.3, 0.4) is 0 Å². The number of rotatable bonds is 6. The Labute approximate surface area is 220 Å². The zero-order valence-electron chi connectivity index (χ0n) is 22.7. The lowest BCUT2D eigenvalue weighted by atomic mass is 9.80. The van der Waals surface area contributed by atoms with Gasteiger partial charge in [0.15, 0.2) is 0 Å². The van der Waals surface area contributed by atoms with Gasteiger partial charge >= 0.3 is 6.17 Å². The number of nitrogens with one attached hydrogen (secondary N) is 1. The zero-order valence-corrected chi connectivity index (χ0v) is 22.7. The third-order valence-electron chi connectivity index (χ3n) is 9.13. The van der Waals surface area contributed by atoms with E-state index in [1.165, 1.54) is 12.8 Å². The van der Waals surface area contributed by atoms with E-state index in [0.29, 0.717) is 6.42 Å². The number of carbonyl (C=O) groups excluding carboxylic acids is 3. The molecule has 0 aromatic heterocycles. The molecular formula is C29H39N5O3. The third-order valence-corrected chi connectivity index (χ3v) is 9.13. The van der Waals surface area contributed by atoms with Crippen molar-refractivity contribution in [3.63, 3.8) is 0 Å². The highest BCUT2D eigenvalue weighted by Crippen LogP contribution is 2.55. The summed E-state index contributed by atoms with van der Waals surface area (Å²) in [5.74, 6) is -0.207. The quantitative estimate of drug-likeness (QED) is 0.601. The SMILES string of the molecule is [C-]#[N+][C@@H]1C[C@@]2(CN1C(=O)[C@H](CC(C)C)N(C)C(=O)[C@@H]1CC3(CC3)CN1C(C)C)C(=O)Nc1ccccc12. The molecule has 8 heteroatoms. The van der Waals surface area contributed by atoms with Crippen molar-refractivity contribution in [1.29, 1.82) is 0 Å². The highest BCUT2D eigenvalue weighted by molar-refractivity contribution is 6.07. The molecule has 3 aliphatic heterocycles. The Kier molecular flexibility index (Phi) is 6.34. The Hall–Kier alpha value is -2.92. The number of hydrogen-bond acceptors (Lipinski definition) is 4. The summed E-state index contributed by atoms with van der Waals surface area (Å²) < 4.78 is 0. The summed E-state index contributed by atoms with van der Waals surface area (Å²) in [7, 11) is 1.75. The van der Waals surface area contributed by atoms with E-state index in [0.717, 1.165) is 24.2 Å². The van der Waals surface area contributed by atoms with Gasteiger partial charge in [0.2, 0.25) is 11.8 Å². The second-order valence-corrected chi connectivity index (χ2v) is 12.4. The fourth-order valence-corrected chi connectivity index (χ4v) is 6.81. The van der Waals surface area contributed by atoms with Crippen LogP contribution >= 0.6 is 0 Å². The molecule has 37 heavy (non-hydrogen) atoms. The molecule has 1 aromatic carbocycles. The van der Waals surface area contributed by atoms with E-state index in [1.54, 1.807) is 16.8 Å². The maximum absolute atomic E-state index is 14.2. The van der Waals surface area contributed by atoms with Gasteiger partial charge in [0.05, 0.1) is 12.5 Å². The van der Waals surface area contributed by atoms with Gasteiger partial charge in [-0.3, -0.25) is 29.0 Å². The summed E-state index contributed by atoms with van der Waals surface area (Å²) in [6.07, 6.45) is 3.23. The number of carbonyl (C=O) groups is 3. The lowest BCUT2D eigenvalue weighted by molar-refractivity contribution is -0.148. The van der Waals surface area contributed by atoms with Crippen LogP contribution in [0.15, 0.2) is 24.3 Å². The maximum atomic E-state index is 14.2. The lowest BCUT2D eigenvalue weighted by Gasteiger charge is -2.36. The second kappa shape index (κ2) is 9.13. The molecule has 3 heterocycles. The predicted octanol–water partition coefficient (Wildman–Crippen LogP) is 3.49. The Morgan fingerprint density at radius 1 is 1.16 bits per heavy atom. The molecule has 1 saturated carbocycles. The smallest absolute Gasteiger partial charge is 0.302 e. The fourth-order valence-electron chi connectivity index (χ4n) is 6.81. The molecule has 1 aliphatic carbocycles. The fraction of sp³-hybridized carbons (Fsp3) is 0.655. The summed E-state index contributed by atoms with van der Waals surface area (Å²) in [5, 5.41) is 2.95. The molecule has 1 aromatic rings. The van der Waals surface area contributed by atoms with E-state index in [1.807, 2.05) is 38.1 Å². The van der Waals surface area contributed by atoms with Crippen LogP contribution in [0, 0.1) is 17.9 Å². The molecule has 0 unspecified atom stereocenters. The summed E-state index contributed by atoms with van der Waals surface area (Å²) in [6, 6.07) is 6.91. The number of fused-ring (bicyclic) bond motifs is 2. The number of anilines is 1. The van der Waals surface area contributed by atoms with Crippen molar-refractivity contribution in [2.24, 2.45) is 11.3 Å². The Balaban J connectivity index is 1.42. The Bertz CT molecular complexity index is 1150. The van der Waals surface area contributed by atoms with Crippen LogP contribution in [0.2, 0.25) is 0 Å². The van der Waals surface area contributed by atoms with E-state index in [4.69, 9.17) is 6.57 Å². The molecule has 8 nitrogen and oxygen atoms in total. The zero-order chi connectivity index (χ0) is 26.7. The highest BCUT2D eigenvalue weighted by atomic mass is 16.2. The summed E-state index contributed by atoms with van der Waals surface area (Å²) in [4.78, 5) is 50.6. The first-order valence-corrected chi connectivity index (χ1v) is 13.6. The van der Waals surface area contributed by atoms with Crippen LogP contribution in [-0.2, 0) is 19.8 Å². The normalized spacial score (nSPS) is 28.6. The summed E-state index contributed by atoms with van der Waals surface area (Å²) in [6.45, 7) is 17.3. The second-order valence-electron chi connectivity index (χ2n) is 12.4. The van der Waals surface area contributed by atoms with Gasteiger partial charge < -0.3 is 10.2 Å². The van der Waals surface area contributed by atoms with Crippen molar-refractivity contribution < 1.29 is 14.4 Å². The molecule has 2 spiro atoms. The average molecular weight is 506 g/mol. The minimum atomic E-state index is -0.926. The van der Waals surface area contributed by atoms with Crippen molar-refractivity contribution in [2.45, 2.75) is 89.5 Å². The largest absolute Gasteiger partial charge is 0.332 e. The Morgan fingerprint density at radius 3 is 2.49 bits per heavy atom. The molecular weight excluding hydrogens is 466 g/mol. The minimum Gasteiger partial charge on any atom is -0.332 e. The van der Waals surface area contributed by atoms with Crippen LogP contribution < -0.4 is 5.32 Å². The molecule has 2 saturated heterocycles. The van der Waals surface area contributed by atoms with Crippen LogP contribution in [0.4, 0.5) is 5.69 Å². The summed E-state index contributed by atoms with van der Waals surface area (Å²) >= 11 is 0. The average Bonchev–Trinajstić information content (AvgIpc) is 3.22. The molecule has 3 amide bonds. The first-order valence-electron chi connectivity index (χ1n) is 13.6. The molecule has 198 valence electrons.